The average molecular weight is 449 g/mol. The van der Waals surface area contributed by atoms with Gasteiger partial charge in [0.2, 0.25) is 0 Å². The molecule has 2 aromatic carbocycles. The van der Waals surface area contributed by atoms with E-state index in [-0.39, 0.29) is 11.7 Å². The minimum Gasteiger partial charge on any atom is -0.496 e. The van der Waals surface area contributed by atoms with Gasteiger partial charge < -0.3 is 24.2 Å². The summed E-state index contributed by atoms with van der Waals surface area (Å²) in [4.78, 5) is 18.1. The van der Waals surface area contributed by atoms with Gasteiger partial charge in [-0.05, 0) is 67.6 Å². The van der Waals surface area contributed by atoms with E-state index >= 15 is 0 Å². The van der Waals surface area contributed by atoms with E-state index in [4.69, 9.17) is 14.2 Å². The summed E-state index contributed by atoms with van der Waals surface area (Å²) in [5.74, 6) is 0.626. The molecule has 0 amide bonds. The first-order valence-corrected chi connectivity index (χ1v) is 11.0. The van der Waals surface area contributed by atoms with E-state index in [0.717, 1.165) is 24.1 Å². The molecule has 1 heterocycles. The molecule has 0 bridgehead atoms. The minimum absolute atomic E-state index is 0.0992. The normalized spacial score (nSPS) is 13.5. The third kappa shape index (κ3) is 5.19. The molecule has 1 aromatic heterocycles. The summed E-state index contributed by atoms with van der Waals surface area (Å²) < 4.78 is 17.1. The number of aromatic nitrogens is 1. The molecule has 7 nitrogen and oxygen atoms in total. The Morgan fingerprint density at radius 1 is 1.00 bits per heavy atom. The third-order valence-corrected chi connectivity index (χ3v) is 5.84. The van der Waals surface area contributed by atoms with Crippen LogP contribution in [0.15, 0.2) is 60.9 Å². The first kappa shape index (κ1) is 22.5. The highest BCUT2D eigenvalue weighted by atomic mass is 16.5. The topological polar surface area (TPSA) is 81.1 Å². The van der Waals surface area contributed by atoms with Gasteiger partial charge in [0.05, 0.1) is 20.3 Å². The van der Waals surface area contributed by atoms with Crippen LogP contribution in [0.5, 0.6) is 17.2 Å². The number of benzene rings is 2. The number of carbonyl (C=O) groups is 1. The smallest absolute Gasteiger partial charge is 0.339 e. The molecule has 7 heteroatoms. The summed E-state index contributed by atoms with van der Waals surface area (Å²) in [5, 5.41) is 9.69. The van der Waals surface area contributed by atoms with Gasteiger partial charge in [0.15, 0.2) is 11.5 Å². The molecule has 3 aromatic rings. The third-order valence-electron chi connectivity index (χ3n) is 5.84. The van der Waals surface area contributed by atoms with Gasteiger partial charge in [-0.2, -0.15) is 0 Å². The van der Waals surface area contributed by atoms with Crippen LogP contribution in [0.1, 0.15) is 41.6 Å². The summed E-state index contributed by atoms with van der Waals surface area (Å²) in [6.45, 7) is 0.494. The highest BCUT2D eigenvalue weighted by Gasteiger charge is 2.21. The molecule has 172 valence electrons. The second-order valence-electron chi connectivity index (χ2n) is 8.00. The van der Waals surface area contributed by atoms with Gasteiger partial charge in [0.25, 0.3) is 0 Å². The van der Waals surface area contributed by atoms with E-state index in [2.05, 4.69) is 4.98 Å². The predicted octanol–water partition coefficient (Wildman–Crippen LogP) is 5.46. The number of methoxy groups -OCH3 is 2. The van der Waals surface area contributed by atoms with E-state index in [1.807, 2.05) is 41.3 Å². The highest BCUT2D eigenvalue weighted by Crippen LogP contribution is 2.38. The summed E-state index contributed by atoms with van der Waals surface area (Å²) in [5.41, 5.74) is 2.66. The number of anilines is 2. The van der Waals surface area contributed by atoms with Gasteiger partial charge in [-0.3, -0.25) is 4.98 Å². The van der Waals surface area contributed by atoms with Crippen molar-refractivity contribution >= 4 is 17.3 Å². The second kappa shape index (κ2) is 10.3. The lowest BCUT2D eigenvalue weighted by atomic mass is 10.1. The Morgan fingerprint density at radius 3 is 2.33 bits per heavy atom. The molecule has 33 heavy (non-hydrogen) atoms. The van der Waals surface area contributed by atoms with Crippen molar-refractivity contribution in [3.05, 3.63) is 72.1 Å². The van der Waals surface area contributed by atoms with Crippen LogP contribution >= 0.6 is 0 Å². The molecule has 0 atom stereocenters. The lowest BCUT2D eigenvalue weighted by Gasteiger charge is -2.27. The Labute approximate surface area is 193 Å². The summed E-state index contributed by atoms with van der Waals surface area (Å²) in [6.07, 6.45) is 8.12. The van der Waals surface area contributed by atoms with E-state index in [9.17, 15) is 9.90 Å². The largest absolute Gasteiger partial charge is 0.496 e. The van der Waals surface area contributed by atoms with Gasteiger partial charge in [-0.1, -0.05) is 6.07 Å². The summed E-state index contributed by atoms with van der Waals surface area (Å²) in [7, 11) is 3.09. The Hall–Kier alpha value is -3.74. The monoisotopic (exact) mass is 448 g/mol. The van der Waals surface area contributed by atoms with E-state index in [0.29, 0.717) is 29.5 Å². The summed E-state index contributed by atoms with van der Waals surface area (Å²) >= 11 is 0. The Kier molecular flexibility index (Phi) is 6.98. The zero-order valence-electron chi connectivity index (χ0n) is 18.9. The molecule has 0 unspecified atom stereocenters. The van der Waals surface area contributed by atoms with E-state index in [1.165, 1.54) is 20.0 Å². The molecule has 4 rings (SSSR count). The fourth-order valence-electron chi connectivity index (χ4n) is 4.15. The molecule has 1 aliphatic rings. The van der Waals surface area contributed by atoms with Crippen molar-refractivity contribution in [3.8, 4) is 17.2 Å². The van der Waals surface area contributed by atoms with Crippen LogP contribution in [0, 0.1) is 0 Å². The van der Waals surface area contributed by atoms with Crippen molar-refractivity contribution in [1.29, 1.82) is 0 Å². The van der Waals surface area contributed by atoms with Crippen LogP contribution in [0.4, 0.5) is 11.4 Å². The van der Waals surface area contributed by atoms with Gasteiger partial charge >= 0.3 is 5.97 Å². The molecule has 0 aliphatic heterocycles. The van der Waals surface area contributed by atoms with Gasteiger partial charge in [-0.15, -0.1) is 0 Å². The number of pyridine rings is 1. The standard InChI is InChI=1S/C26H28N2O5/c1-31-23-11-9-19(14-22(23)26(29)30)28(17-18-6-5-13-27-16-18)20-10-12-24(32-2)25(15-20)33-21-7-3-4-8-21/h5-6,9-16,21H,3-4,7-8,17H2,1-2H3,(H,29,30). The first-order valence-electron chi connectivity index (χ1n) is 11.0. The van der Waals surface area contributed by atoms with Crippen LogP contribution in [-0.4, -0.2) is 36.4 Å². The Balaban J connectivity index is 1.76. The molecule has 1 saturated carbocycles. The van der Waals surface area contributed by atoms with Crippen LogP contribution in [0.2, 0.25) is 0 Å². The molecule has 0 spiro atoms. The Morgan fingerprint density at radius 2 is 1.70 bits per heavy atom. The quantitative estimate of drug-likeness (QED) is 0.466. The number of nitrogens with zero attached hydrogens (tertiary/aromatic N) is 2. The molecular weight excluding hydrogens is 420 g/mol. The lowest BCUT2D eigenvalue weighted by molar-refractivity contribution is 0.0693. The van der Waals surface area contributed by atoms with E-state index < -0.39 is 5.97 Å². The SMILES string of the molecule is COc1ccc(N(Cc2cccnc2)c2ccc(OC)c(C(=O)O)c2)cc1OC1CCCC1. The molecular formula is C26H28N2O5. The average Bonchev–Trinajstić information content (AvgIpc) is 3.36. The van der Waals surface area contributed by atoms with Crippen molar-refractivity contribution < 1.29 is 24.1 Å². The van der Waals surface area contributed by atoms with E-state index in [1.54, 1.807) is 31.6 Å². The lowest BCUT2D eigenvalue weighted by Crippen LogP contribution is -2.18. The maximum atomic E-state index is 11.8. The van der Waals surface area contributed by atoms with Crippen molar-refractivity contribution in [2.75, 3.05) is 19.1 Å². The summed E-state index contributed by atoms with van der Waals surface area (Å²) in [6, 6.07) is 14.8. The maximum Gasteiger partial charge on any atom is 0.339 e. The number of hydrogen-bond acceptors (Lipinski definition) is 6. The zero-order chi connectivity index (χ0) is 23.2. The van der Waals surface area contributed by atoms with Crippen LogP contribution in [0.25, 0.3) is 0 Å². The number of rotatable bonds is 9. The zero-order valence-corrected chi connectivity index (χ0v) is 18.9. The molecule has 1 aliphatic carbocycles. The fourth-order valence-corrected chi connectivity index (χ4v) is 4.15. The predicted molar refractivity (Wildman–Crippen MR) is 126 cm³/mol. The number of ether oxygens (including phenoxy) is 3. The van der Waals surface area contributed by atoms with Crippen molar-refractivity contribution in [2.45, 2.75) is 38.3 Å². The van der Waals surface area contributed by atoms with Crippen molar-refractivity contribution in [2.24, 2.45) is 0 Å². The highest BCUT2D eigenvalue weighted by molar-refractivity contribution is 5.92. The maximum absolute atomic E-state index is 11.8. The molecule has 1 fully saturated rings. The minimum atomic E-state index is -1.05. The number of carboxylic acid groups (broad SMARTS) is 1. The van der Waals surface area contributed by atoms with Crippen LogP contribution < -0.4 is 19.1 Å². The van der Waals surface area contributed by atoms with Crippen LogP contribution in [0.3, 0.4) is 0 Å². The Bertz CT molecular complexity index is 1100. The van der Waals surface area contributed by atoms with Crippen molar-refractivity contribution in [3.63, 3.8) is 0 Å². The second-order valence-corrected chi connectivity index (χ2v) is 8.00. The fraction of sp³-hybridized carbons (Fsp3) is 0.308. The number of hydrogen-bond donors (Lipinski definition) is 1. The molecule has 0 saturated heterocycles. The molecule has 1 N–H and O–H groups in total. The van der Waals surface area contributed by atoms with Gasteiger partial charge in [0, 0.05) is 36.4 Å². The van der Waals surface area contributed by atoms with Gasteiger partial charge in [0.1, 0.15) is 11.3 Å². The van der Waals surface area contributed by atoms with Crippen molar-refractivity contribution in [1.82, 2.24) is 4.98 Å². The van der Waals surface area contributed by atoms with Crippen LogP contribution in [-0.2, 0) is 6.54 Å². The van der Waals surface area contributed by atoms with Gasteiger partial charge in [-0.25, -0.2) is 4.79 Å². The number of aromatic carboxylic acids is 1. The first-order chi connectivity index (χ1) is 16.1. The molecule has 0 radical (unpaired) electrons. The number of carboxylic acids is 1.